The van der Waals surface area contributed by atoms with Crippen LogP contribution in [0.4, 0.5) is 4.39 Å². The lowest BCUT2D eigenvalue weighted by Gasteiger charge is -2.14. The largest absolute Gasteiger partial charge is 0.320 e. The van der Waals surface area contributed by atoms with Crippen LogP contribution in [0.2, 0.25) is 5.02 Å². The fraction of sp³-hybridized carbons (Fsp3) is 0.143. The van der Waals surface area contributed by atoms with Gasteiger partial charge < -0.3 is 5.73 Å². The Morgan fingerprint density at radius 1 is 1.12 bits per heavy atom. The van der Waals surface area contributed by atoms with Crippen molar-refractivity contribution >= 4 is 11.6 Å². The fourth-order valence-corrected chi connectivity index (χ4v) is 1.86. The summed E-state index contributed by atoms with van der Waals surface area (Å²) in [5.74, 6) is -0.271. The second-order valence-corrected chi connectivity index (χ2v) is 4.49. The zero-order valence-corrected chi connectivity index (χ0v) is 10.2. The Hall–Kier alpha value is -1.38. The summed E-state index contributed by atoms with van der Waals surface area (Å²) >= 11 is 5.80. The molecular formula is C14H13ClFN. The van der Waals surface area contributed by atoms with E-state index in [1.165, 1.54) is 6.07 Å². The molecule has 17 heavy (non-hydrogen) atoms. The predicted octanol–water partition coefficient (Wildman–Crippen LogP) is 3.84. The lowest BCUT2D eigenvalue weighted by Crippen LogP contribution is -2.13. The predicted molar refractivity (Wildman–Crippen MR) is 68.6 cm³/mol. The van der Waals surface area contributed by atoms with Crippen molar-refractivity contribution in [3.8, 4) is 0 Å². The first-order valence-corrected chi connectivity index (χ1v) is 5.73. The van der Waals surface area contributed by atoms with Crippen LogP contribution in [0.25, 0.3) is 0 Å². The van der Waals surface area contributed by atoms with Crippen molar-refractivity contribution in [3.05, 3.63) is 70.0 Å². The Balaban J connectivity index is 2.36. The van der Waals surface area contributed by atoms with Crippen LogP contribution < -0.4 is 5.73 Å². The molecule has 2 aromatic rings. The molecule has 1 atom stereocenters. The molecular weight excluding hydrogens is 237 g/mol. The van der Waals surface area contributed by atoms with E-state index in [2.05, 4.69) is 0 Å². The van der Waals surface area contributed by atoms with Crippen LogP contribution in [0, 0.1) is 12.7 Å². The molecule has 0 aliphatic heterocycles. The molecule has 0 saturated heterocycles. The molecule has 0 saturated carbocycles. The molecule has 2 aromatic carbocycles. The Morgan fingerprint density at radius 2 is 1.76 bits per heavy atom. The number of halogens is 2. The van der Waals surface area contributed by atoms with Gasteiger partial charge in [-0.05, 0) is 36.2 Å². The van der Waals surface area contributed by atoms with E-state index in [1.807, 2.05) is 25.1 Å². The third-order valence-corrected chi connectivity index (χ3v) is 2.97. The van der Waals surface area contributed by atoms with Crippen molar-refractivity contribution in [2.24, 2.45) is 5.73 Å². The van der Waals surface area contributed by atoms with Crippen LogP contribution in [0.15, 0.2) is 42.5 Å². The topological polar surface area (TPSA) is 26.0 Å². The van der Waals surface area contributed by atoms with Gasteiger partial charge in [0.1, 0.15) is 5.82 Å². The van der Waals surface area contributed by atoms with E-state index in [0.717, 1.165) is 11.1 Å². The van der Waals surface area contributed by atoms with E-state index in [9.17, 15) is 4.39 Å². The first kappa shape index (κ1) is 12.1. The second kappa shape index (κ2) is 4.86. The molecule has 1 nitrogen and oxygen atoms in total. The van der Waals surface area contributed by atoms with Gasteiger partial charge in [0.05, 0.1) is 6.04 Å². The third kappa shape index (κ3) is 2.65. The number of benzene rings is 2. The van der Waals surface area contributed by atoms with Gasteiger partial charge in [0.15, 0.2) is 0 Å². The summed E-state index contributed by atoms with van der Waals surface area (Å²) in [5.41, 5.74) is 8.26. The number of rotatable bonds is 2. The normalized spacial score (nSPS) is 12.5. The molecule has 0 bridgehead atoms. The average Bonchev–Trinajstić information content (AvgIpc) is 2.29. The highest BCUT2D eigenvalue weighted by molar-refractivity contribution is 6.30. The molecule has 0 heterocycles. The summed E-state index contributed by atoms with van der Waals surface area (Å²) in [6, 6.07) is 11.7. The van der Waals surface area contributed by atoms with Gasteiger partial charge in [-0.15, -0.1) is 0 Å². The molecule has 0 amide bonds. The van der Waals surface area contributed by atoms with Gasteiger partial charge in [0, 0.05) is 10.6 Å². The molecule has 3 heteroatoms. The lowest BCUT2D eigenvalue weighted by molar-refractivity contribution is 0.598. The molecule has 2 rings (SSSR count). The summed E-state index contributed by atoms with van der Waals surface area (Å²) in [7, 11) is 0. The Bertz CT molecular complexity index is 522. The molecule has 88 valence electrons. The molecule has 2 N–H and O–H groups in total. The zero-order chi connectivity index (χ0) is 12.4. The fourth-order valence-electron chi connectivity index (χ4n) is 1.73. The minimum absolute atomic E-state index is 0.271. The smallest absolute Gasteiger partial charge is 0.128 e. The summed E-state index contributed by atoms with van der Waals surface area (Å²) in [4.78, 5) is 0. The molecule has 0 fully saturated rings. The maximum atomic E-state index is 13.8. The van der Waals surface area contributed by atoms with Gasteiger partial charge >= 0.3 is 0 Å². The number of hydrogen-bond acceptors (Lipinski definition) is 1. The maximum Gasteiger partial charge on any atom is 0.128 e. The molecule has 0 spiro atoms. The number of aryl methyl sites for hydroxylation is 1. The highest BCUT2D eigenvalue weighted by atomic mass is 35.5. The van der Waals surface area contributed by atoms with Crippen LogP contribution in [-0.2, 0) is 0 Å². The van der Waals surface area contributed by atoms with E-state index < -0.39 is 6.04 Å². The van der Waals surface area contributed by atoms with Crippen molar-refractivity contribution in [2.75, 3.05) is 0 Å². The van der Waals surface area contributed by atoms with E-state index in [0.29, 0.717) is 10.6 Å². The van der Waals surface area contributed by atoms with Gasteiger partial charge in [-0.2, -0.15) is 0 Å². The minimum Gasteiger partial charge on any atom is -0.320 e. The van der Waals surface area contributed by atoms with Crippen LogP contribution in [0.5, 0.6) is 0 Å². The summed E-state index contributed by atoms with van der Waals surface area (Å²) in [5, 5.41) is 0.644. The molecule has 0 radical (unpaired) electrons. The van der Waals surface area contributed by atoms with Crippen molar-refractivity contribution in [1.82, 2.24) is 0 Å². The second-order valence-electron chi connectivity index (χ2n) is 4.05. The van der Waals surface area contributed by atoms with E-state index in [-0.39, 0.29) is 5.82 Å². The maximum absolute atomic E-state index is 13.8. The average molecular weight is 250 g/mol. The zero-order valence-electron chi connectivity index (χ0n) is 9.45. The molecule has 0 aromatic heterocycles. The quantitative estimate of drug-likeness (QED) is 0.860. The monoisotopic (exact) mass is 249 g/mol. The molecule has 0 aliphatic carbocycles. The summed E-state index contributed by atoms with van der Waals surface area (Å²) < 4.78 is 13.8. The molecule has 1 unspecified atom stereocenters. The van der Waals surface area contributed by atoms with Crippen LogP contribution in [-0.4, -0.2) is 0 Å². The van der Waals surface area contributed by atoms with Crippen LogP contribution in [0.1, 0.15) is 22.7 Å². The molecule has 0 aliphatic rings. The Labute approximate surface area is 105 Å². The highest BCUT2D eigenvalue weighted by Gasteiger charge is 2.13. The van der Waals surface area contributed by atoms with Gasteiger partial charge in [-0.3, -0.25) is 0 Å². The van der Waals surface area contributed by atoms with Gasteiger partial charge in [-0.25, -0.2) is 4.39 Å². The van der Waals surface area contributed by atoms with Gasteiger partial charge in [0.2, 0.25) is 0 Å². The van der Waals surface area contributed by atoms with Crippen LogP contribution in [0.3, 0.4) is 0 Å². The van der Waals surface area contributed by atoms with E-state index in [1.54, 1.807) is 18.2 Å². The third-order valence-electron chi connectivity index (χ3n) is 2.72. The van der Waals surface area contributed by atoms with E-state index in [4.69, 9.17) is 17.3 Å². The van der Waals surface area contributed by atoms with Gasteiger partial charge in [0.25, 0.3) is 0 Å². The Morgan fingerprint density at radius 3 is 2.35 bits per heavy atom. The van der Waals surface area contributed by atoms with Crippen molar-refractivity contribution in [1.29, 1.82) is 0 Å². The highest BCUT2D eigenvalue weighted by Crippen LogP contribution is 2.24. The SMILES string of the molecule is Cc1ccc(C(N)c2ccc(Cl)cc2)c(F)c1. The van der Waals surface area contributed by atoms with Crippen molar-refractivity contribution in [2.45, 2.75) is 13.0 Å². The number of hydrogen-bond donors (Lipinski definition) is 1. The van der Waals surface area contributed by atoms with Gasteiger partial charge in [-0.1, -0.05) is 35.9 Å². The minimum atomic E-state index is -0.465. The van der Waals surface area contributed by atoms with Crippen molar-refractivity contribution in [3.63, 3.8) is 0 Å². The van der Waals surface area contributed by atoms with E-state index >= 15 is 0 Å². The lowest BCUT2D eigenvalue weighted by atomic mass is 9.98. The summed E-state index contributed by atoms with van der Waals surface area (Å²) in [6.07, 6.45) is 0. The standard InChI is InChI=1S/C14H13ClFN/c1-9-2-7-12(13(16)8-9)14(17)10-3-5-11(15)6-4-10/h2-8,14H,17H2,1H3. The number of nitrogens with two attached hydrogens (primary N) is 1. The first-order valence-electron chi connectivity index (χ1n) is 5.35. The van der Waals surface area contributed by atoms with Crippen LogP contribution >= 0.6 is 11.6 Å². The summed E-state index contributed by atoms with van der Waals surface area (Å²) in [6.45, 7) is 1.85. The first-order chi connectivity index (χ1) is 8.08. The van der Waals surface area contributed by atoms with Crippen molar-refractivity contribution < 1.29 is 4.39 Å². The Kier molecular flexibility index (Phi) is 3.46.